The second-order valence-electron chi connectivity index (χ2n) is 5.89. The Morgan fingerprint density at radius 1 is 1.32 bits per heavy atom. The number of nitrogens with zero attached hydrogens (tertiary/aromatic N) is 2. The van der Waals surface area contributed by atoms with E-state index in [1.807, 2.05) is 0 Å². The molecule has 2 atom stereocenters. The Hall–Kier alpha value is -0.590. The van der Waals surface area contributed by atoms with E-state index in [2.05, 4.69) is 44.0 Å². The molecule has 0 heterocycles. The highest BCUT2D eigenvalue weighted by Crippen LogP contribution is 2.33. The van der Waals surface area contributed by atoms with Crippen molar-refractivity contribution >= 4 is 0 Å². The van der Waals surface area contributed by atoms with Crippen LogP contribution in [0, 0.1) is 17.2 Å². The first-order chi connectivity index (χ1) is 9.14. The highest BCUT2D eigenvalue weighted by atomic mass is 15.2. The third-order valence-electron chi connectivity index (χ3n) is 4.79. The Morgan fingerprint density at radius 2 is 2.00 bits per heavy atom. The Bertz CT molecular complexity index is 293. The summed E-state index contributed by atoms with van der Waals surface area (Å²) in [6.45, 7) is 12.1. The average molecular weight is 265 g/mol. The zero-order valence-corrected chi connectivity index (χ0v) is 13.2. The van der Waals surface area contributed by atoms with Crippen LogP contribution >= 0.6 is 0 Å². The van der Waals surface area contributed by atoms with Crippen molar-refractivity contribution in [1.29, 1.82) is 5.26 Å². The van der Waals surface area contributed by atoms with Crippen LogP contribution in [0.5, 0.6) is 0 Å². The van der Waals surface area contributed by atoms with Gasteiger partial charge in [0.1, 0.15) is 5.54 Å². The van der Waals surface area contributed by atoms with E-state index in [1.165, 1.54) is 19.4 Å². The fraction of sp³-hybridized carbons (Fsp3) is 0.938. The lowest BCUT2D eigenvalue weighted by molar-refractivity contribution is 0.167. The highest BCUT2D eigenvalue weighted by molar-refractivity contribution is 5.13. The molecule has 0 bridgehead atoms. The van der Waals surface area contributed by atoms with Crippen LogP contribution in [0.25, 0.3) is 0 Å². The minimum absolute atomic E-state index is 0.263. The van der Waals surface area contributed by atoms with Gasteiger partial charge < -0.3 is 4.90 Å². The molecule has 1 saturated carbocycles. The monoisotopic (exact) mass is 265 g/mol. The van der Waals surface area contributed by atoms with Crippen molar-refractivity contribution < 1.29 is 0 Å². The Morgan fingerprint density at radius 3 is 2.47 bits per heavy atom. The third kappa shape index (κ3) is 4.19. The van der Waals surface area contributed by atoms with Crippen LogP contribution in [-0.4, -0.2) is 36.1 Å². The maximum Gasteiger partial charge on any atom is 0.108 e. The smallest absolute Gasteiger partial charge is 0.108 e. The van der Waals surface area contributed by atoms with Crippen LogP contribution in [0.3, 0.4) is 0 Å². The molecule has 2 unspecified atom stereocenters. The minimum atomic E-state index is -0.263. The number of rotatable bonds is 8. The molecule has 3 heteroatoms. The largest absolute Gasteiger partial charge is 0.300 e. The van der Waals surface area contributed by atoms with Gasteiger partial charge in [0.2, 0.25) is 0 Å². The Kier molecular flexibility index (Phi) is 6.82. The fourth-order valence-electron chi connectivity index (χ4n) is 3.39. The molecule has 0 radical (unpaired) electrons. The van der Waals surface area contributed by atoms with Crippen LogP contribution in [0.15, 0.2) is 0 Å². The van der Waals surface area contributed by atoms with Crippen molar-refractivity contribution in [3.63, 3.8) is 0 Å². The summed E-state index contributed by atoms with van der Waals surface area (Å²) in [7, 11) is 0. The molecule has 0 amide bonds. The minimum Gasteiger partial charge on any atom is -0.300 e. The average Bonchev–Trinajstić information content (AvgIpc) is 2.85. The molecule has 0 spiro atoms. The van der Waals surface area contributed by atoms with Gasteiger partial charge in [0.05, 0.1) is 6.07 Å². The maximum absolute atomic E-state index is 9.46. The van der Waals surface area contributed by atoms with Gasteiger partial charge in [0.15, 0.2) is 0 Å². The predicted octanol–water partition coefficient (Wildman–Crippen LogP) is 3.17. The van der Waals surface area contributed by atoms with E-state index in [4.69, 9.17) is 0 Å². The van der Waals surface area contributed by atoms with Crippen LogP contribution in [0.2, 0.25) is 0 Å². The van der Waals surface area contributed by atoms with Crippen LogP contribution < -0.4 is 5.32 Å². The summed E-state index contributed by atoms with van der Waals surface area (Å²) >= 11 is 0. The van der Waals surface area contributed by atoms with E-state index >= 15 is 0 Å². The van der Waals surface area contributed by atoms with Crippen molar-refractivity contribution in [1.82, 2.24) is 10.2 Å². The van der Waals surface area contributed by atoms with Gasteiger partial charge in [-0.05, 0) is 38.3 Å². The summed E-state index contributed by atoms with van der Waals surface area (Å²) in [5.41, 5.74) is -0.263. The van der Waals surface area contributed by atoms with Gasteiger partial charge in [0.25, 0.3) is 0 Å². The molecular weight excluding hydrogens is 234 g/mol. The molecule has 0 aromatic carbocycles. The van der Waals surface area contributed by atoms with Crippen molar-refractivity contribution in [3.05, 3.63) is 0 Å². The standard InChI is InChI=1S/C16H31N3/c1-5-14(6-2)12-19(8-4)15-9-10-16(11-15,13-17)18-7-3/h14-15,18H,5-12H2,1-4H3. The molecule has 0 saturated heterocycles. The van der Waals surface area contributed by atoms with Gasteiger partial charge in [0, 0.05) is 12.6 Å². The van der Waals surface area contributed by atoms with Crippen molar-refractivity contribution in [3.8, 4) is 6.07 Å². The summed E-state index contributed by atoms with van der Waals surface area (Å²) in [5, 5.41) is 12.9. The summed E-state index contributed by atoms with van der Waals surface area (Å²) in [5.74, 6) is 0.802. The Balaban J connectivity index is 2.62. The molecule has 0 aromatic heterocycles. The van der Waals surface area contributed by atoms with Gasteiger partial charge in [-0.2, -0.15) is 5.26 Å². The van der Waals surface area contributed by atoms with Gasteiger partial charge in [-0.15, -0.1) is 0 Å². The Labute approximate surface area is 119 Å². The molecule has 1 aliphatic rings. The van der Waals surface area contributed by atoms with Gasteiger partial charge >= 0.3 is 0 Å². The first-order valence-corrected chi connectivity index (χ1v) is 8.04. The summed E-state index contributed by atoms with van der Waals surface area (Å²) < 4.78 is 0. The SMILES string of the molecule is CCNC1(C#N)CCC(N(CC)CC(CC)CC)C1. The highest BCUT2D eigenvalue weighted by Gasteiger charge is 2.40. The number of hydrogen-bond acceptors (Lipinski definition) is 3. The molecule has 110 valence electrons. The van der Waals surface area contributed by atoms with Crippen LogP contribution in [-0.2, 0) is 0 Å². The van der Waals surface area contributed by atoms with Crippen molar-refractivity contribution in [2.75, 3.05) is 19.6 Å². The second kappa shape index (κ2) is 7.87. The lowest BCUT2D eigenvalue weighted by Crippen LogP contribution is -2.44. The maximum atomic E-state index is 9.46. The van der Waals surface area contributed by atoms with Gasteiger partial charge in [-0.25, -0.2) is 0 Å². The number of hydrogen-bond donors (Lipinski definition) is 1. The van der Waals surface area contributed by atoms with Crippen molar-refractivity contribution in [2.24, 2.45) is 5.92 Å². The molecular formula is C16H31N3. The zero-order valence-electron chi connectivity index (χ0n) is 13.2. The quantitative estimate of drug-likeness (QED) is 0.732. The van der Waals surface area contributed by atoms with Crippen LogP contribution in [0.1, 0.15) is 59.8 Å². The molecule has 3 nitrogen and oxygen atoms in total. The summed E-state index contributed by atoms with van der Waals surface area (Å²) in [6.07, 6.45) is 5.67. The lowest BCUT2D eigenvalue weighted by atomic mass is 9.98. The van der Waals surface area contributed by atoms with E-state index in [9.17, 15) is 5.26 Å². The lowest BCUT2D eigenvalue weighted by Gasteiger charge is -2.32. The summed E-state index contributed by atoms with van der Waals surface area (Å²) in [4.78, 5) is 2.61. The van der Waals surface area contributed by atoms with Gasteiger partial charge in [-0.1, -0.05) is 40.5 Å². The molecule has 1 rings (SSSR count). The van der Waals surface area contributed by atoms with E-state index in [0.717, 1.165) is 38.3 Å². The number of nitrogens with one attached hydrogen (secondary N) is 1. The first kappa shape index (κ1) is 16.5. The van der Waals surface area contributed by atoms with E-state index in [1.54, 1.807) is 0 Å². The van der Waals surface area contributed by atoms with Crippen molar-refractivity contribution in [2.45, 2.75) is 71.4 Å². The topological polar surface area (TPSA) is 39.1 Å². The molecule has 1 fully saturated rings. The summed E-state index contributed by atoms with van der Waals surface area (Å²) in [6, 6.07) is 3.12. The predicted molar refractivity (Wildman–Crippen MR) is 81.0 cm³/mol. The number of nitriles is 1. The van der Waals surface area contributed by atoms with Crippen LogP contribution in [0.4, 0.5) is 0 Å². The second-order valence-corrected chi connectivity index (χ2v) is 5.89. The molecule has 19 heavy (non-hydrogen) atoms. The molecule has 1 N–H and O–H groups in total. The normalized spacial score (nSPS) is 27.1. The van der Waals surface area contributed by atoms with E-state index in [0.29, 0.717) is 6.04 Å². The third-order valence-corrected chi connectivity index (χ3v) is 4.79. The molecule has 0 aromatic rings. The van der Waals surface area contributed by atoms with E-state index in [-0.39, 0.29) is 5.54 Å². The zero-order chi connectivity index (χ0) is 14.3. The fourth-order valence-corrected chi connectivity index (χ4v) is 3.39. The molecule has 1 aliphatic carbocycles. The first-order valence-electron chi connectivity index (χ1n) is 8.04. The molecule has 0 aliphatic heterocycles. The van der Waals surface area contributed by atoms with E-state index < -0.39 is 0 Å². The van der Waals surface area contributed by atoms with Gasteiger partial charge in [-0.3, -0.25) is 5.32 Å².